The van der Waals surface area contributed by atoms with E-state index in [1.165, 1.54) is 0 Å². The van der Waals surface area contributed by atoms with Crippen molar-refractivity contribution in [1.82, 2.24) is 0 Å². The van der Waals surface area contributed by atoms with E-state index in [1.807, 2.05) is 0 Å². The van der Waals surface area contributed by atoms with Crippen LogP contribution in [-0.4, -0.2) is 16.9 Å². The number of hydrogen-bond acceptors (Lipinski definition) is 2. The van der Waals surface area contributed by atoms with Gasteiger partial charge in [0.05, 0.1) is 5.41 Å². The average Bonchev–Trinajstić information content (AvgIpc) is 2.17. The fourth-order valence-electron chi connectivity index (χ4n) is 3.10. The molecule has 0 aliphatic heterocycles. The van der Waals surface area contributed by atoms with Gasteiger partial charge in [-0.1, -0.05) is 12.8 Å². The Morgan fingerprint density at radius 1 is 1.36 bits per heavy atom. The smallest absolute Gasteiger partial charge is 0.310 e. The number of Topliss-reactive ketones (excluding diaryl/α,β-unsaturated/α-hetero) is 1. The summed E-state index contributed by atoms with van der Waals surface area (Å²) in [5, 5.41) is 9.29. The summed E-state index contributed by atoms with van der Waals surface area (Å²) in [6.45, 7) is 0. The highest BCUT2D eigenvalue weighted by atomic mass is 16.4. The van der Waals surface area contributed by atoms with Gasteiger partial charge in [0.25, 0.3) is 0 Å². The second-order valence-corrected chi connectivity index (χ2v) is 4.66. The highest BCUT2D eigenvalue weighted by molar-refractivity contribution is 5.88. The van der Waals surface area contributed by atoms with Crippen LogP contribution in [0, 0.1) is 11.3 Å². The first-order valence-electron chi connectivity index (χ1n) is 5.40. The first-order valence-corrected chi connectivity index (χ1v) is 5.40. The number of rotatable bonds is 1. The maximum absolute atomic E-state index is 11.4. The lowest BCUT2D eigenvalue weighted by Crippen LogP contribution is -2.45. The topological polar surface area (TPSA) is 54.4 Å². The zero-order chi connectivity index (χ0) is 10.2. The van der Waals surface area contributed by atoms with Crippen LogP contribution in [-0.2, 0) is 9.59 Å². The van der Waals surface area contributed by atoms with Crippen LogP contribution >= 0.6 is 0 Å². The molecule has 0 amide bonds. The molecule has 14 heavy (non-hydrogen) atoms. The standard InChI is InChI=1S/C11H16O3/c12-9-5-4-8-3-1-2-6-11(8,7-9)10(13)14/h8H,1-7H2,(H,13,14)/t8-,11-/m0/s1. The predicted molar refractivity (Wildman–Crippen MR) is 50.9 cm³/mol. The van der Waals surface area contributed by atoms with E-state index < -0.39 is 11.4 Å². The third-order valence-corrected chi connectivity index (χ3v) is 3.92. The summed E-state index contributed by atoms with van der Waals surface area (Å²) < 4.78 is 0. The molecule has 3 nitrogen and oxygen atoms in total. The third-order valence-electron chi connectivity index (χ3n) is 3.92. The van der Waals surface area contributed by atoms with Crippen LogP contribution in [0.15, 0.2) is 0 Å². The van der Waals surface area contributed by atoms with Crippen molar-refractivity contribution in [3.8, 4) is 0 Å². The summed E-state index contributed by atoms with van der Waals surface area (Å²) in [5.74, 6) is -0.341. The first kappa shape index (κ1) is 9.69. The lowest BCUT2D eigenvalue weighted by atomic mass is 9.59. The maximum Gasteiger partial charge on any atom is 0.310 e. The number of carbonyl (C=O) groups excluding carboxylic acids is 1. The number of ketones is 1. The monoisotopic (exact) mass is 196 g/mol. The summed E-state index contributed by atoms with van der Waals surface area (Å²) >= 11 is 0. The van der Waals surface area contributed by atoms with Gasteiger partial charge in [-0.15, -0.1) is 0 Å². The molecule has 0 bridgehead atoms. The highest BCUT2D eigenvalue weighted by Gasteiger charge is 2.50. The van der Waals surface area contributed by atoms with E-state index in [0.717, 1.165) is 25.7 Å². The highest BCUT2D eigenvalue weighted by Crippen LogP contribution is 2.49. The normalized spacial score (nSPS) is 37.7. The summed E-state index contributed by atoms with van der Waals surface area (Å²) in [6.07, 6.45) is 5.49. The van der Waals surface area contributed by atoms with Gasteiger partial charge in [-0.05, 0) is 25.2 Å². The van der Waals surface area contributed by atoms with E-state index >= 15 is 0 Å². The van der Waals surface area contributed by atoms with Gasteiger partial charge >= 0.3 is 5.97 Å². The molecule has 78 valence electrons. The van der Waals surface area contributed by atoms with E-state index in [-0.39, 0.29) is 18.1 Å². The maximum atomic E-state index is 11.4. The van der Waals surface area contributed by atoms with Gasteiger partial charge in [0.15, 0.2) is 0 Å². The van der Waals surface area contributed by atoms with Crippen molar-refractivity contribution in [2.24, 2.45) is 11.3 Å². The second-order valence-electron chi connectivity index (χ2n) is 4.66. The van der Waals surface area contributed by atoms with E-state index in [4.69, 9.17) is 0 Å². The number of hydrogen-bond donors (Lipinski definition) is 1. The Morgan fingerprint density at radius 2 is 2.14 bits per heavy atom. The molecule has 0 unspecified atom stereocenters. The molecule has 2 aliphatic carbocycles. The molecule has 0 radical (unpaired) electrons. The Bertz CT molecular complexity index is 272. The lowest BCUT2D eigenvalue weighted by Gasteiger charge is -2.43. The predicted octanol–water partition coefficient (Wildman–Crippen LogP) is 2.00. The van der Waals surface area contributed by atoms with E-state index in [9.17, 15) is 14.7 Å². The van der Waals surface area contributed by atoms with Gasteiger partial charge < -0.3 is 5.11 Å². The van der Waals surface area contributed by atoms with Crippen LogP contribution in [0.25, 0.3) is 0 Å². The minimum Gasteiger partial charge on any atom is -0.481 e. The van der Waals surface area contributed by atoms with E-state index in [0.29, 0.717) is 12.8 Å². The Kier molecular flexibility index (Phi) is 2.33. The molecular formula is C11H16O3. The summed E-state index contributed by atoms with van der Waals surface area (Å²) in [4.78, 5) is 22.7. The van der Waals surface area contributed by atoms with E-state index in [2.05, 4.69) is 0 Å². The van der Waals surface area contributed by atoms with Crippen molar-refractivity contribution < 1.29 is 14.7 Å². The van der Waals surface area contributed by atoms with Crippen LogP contribution in [0.5, 0.6) is 0 Å². The molecular weight excluding hydrogens is 180 g/mol. The molecule has 1 N–H and O–H groups in total. The zero-order valence-electron chi connectivity index (χ0n) is 8.29. The minimum absolute atomic E-state index is 0.144. The van der Waals surface area contributed by atoms with Crippen molar-refractivity contribution in [2.75, 3.05) is 0 Å². The van der Waals surface area contributed by atoms with Crippen LogP contribution in [0.2, 0.25) is 0 Å². The second kappa shape index (κ2) is 3.37. The summed E-state index contributed by atoms with van der Waals surface area (Å²) in [6, 6.07) is 0. The lowest BCUT2D eigenvalue weighted by molar-refractivity contribution is -0.161. The van der Waals surface area contributed by atoms with Crippen LogP contribution in [0.4, 0.5) is 0 Å². The first-order chi connectivity index (χ1) is 6.65. The largest absolute Gasteiger partial charge is 0.481 e. The van der Waals surface area contributed by atoms with Crippen molar-refractivity contribution in [1.29, 1.82) is 0 Å². The number of fused-ring (bicyclic) bond motifs is 1. The Balaban J connectivity index is 2.27. The summed E-state index contributed by atoms with van der Waals surface area (Å²) in [5.41, 5.74) is -0.687. The molecule has 0 aromatic rings. The number of carbonyl (C=O) groups is 2. The quantitative estimate of drug-likeness (QED) is 0.697. The van der Waals surface area contributed by atoms with Gasteiger partial charge in [-0.3, -0.25) is 9.59 Å². The zero-order valence-corrected chi connectivity index (χ0v) is 8.29. The van der Waals surface area contributed by atoms with Crippen LogP contribution < -0.4 is 0 Å². The van der Waals surface area contributed by atoms with Crippen molar-refractivity contribution in [2.45, 2.75) is 44.9 Å². The van der Waals surface area contributed by atoms with Crippen molar-refractivity contribution in [3.05, 3.63) is 0 Å². The summed E-state index contributed by atoms with van der Waals surface area (Å²) in [7, 11) is 0. The van der Waals surface area contributed by atoms with Gasteiger partial charge in [0.1, 0.15) is 5.78 Å². The number of aliphatic carboxylic acids is 1. The molecule has 0 saturated heterocycles. The van der Waals surface area contributed by atoms with Gasteiger partial charge in [-0.2, -0.15) is 0 Å². The molecule has 0 aromatic heterocycles. The number of carboxylic acid groups (broad SMARTS) is 1. The Hall–Kier alpha value is -0.860. The van der Waals surface area contributed by atoms with Gasteiger partial charge in [-0.25, -0.2) is 0 Å². The van der Waals surface area contributed by atoms with Crippen LogP contribution in [0.1, 0.15) is 44.9 Å². The minimum atomic E-state index is -0.741. The molecule has 2 atom stereocenters. The van der Waals surface area contributed by atoms with E-state index in [1.54, 1.807) is 0 Å². The van der Waals surface area contributed by atoms with Crippen LogP contribution in [0.3, 0.4) is 0 Å². The molecule has 2 rings (SSSR count). The molecule has 2 saturated carbocycles. The number of carboxylic acids is 1. The average molecular weight is 196 g/mol. The molecule has 2 aliphatic rings. The molecule has 0 spiro atoms. The molecule has 0 heterocycles. The fraction of sp³-hybridized carbons (Fsp3) is 0.818. The Morgan fingerprint density at radius 3 is 2.86 bits per heavy atom. The van der Waals surface area contributed by atoms with Crippen molar-refractivity contribution >= 4 is 11.8 Å². The molecule has 0 aromatic carbocycles. The third kappa shape index (κ3) is 1.35. The molecule has 3 heteroatoms. The van der Waals surface area contributed by atoms with Gasteiger partial charge in [0.2, 0.25) is 0 Å². The fourth-order valence-corrected chi connectivity index (χ4v) is 3.10. The molecule has 2 fully saturated rings. The Labute approximate surface area is 83.5 Å². The van der Waals surface area contributed by atoms with Crippen molar-refractivity contribution in [3.63, 3.8) is 0 Å². The van der Waals surface area contributed by atoms with Gasteiger partial charge in [0, 0.05) is 12.8 Å². The SMILES string of the molecule is O=C1CC[C@@H]2CCCC[C@]2(C(=O)O)C1.